The van der Waals surface area contributed by atoms with Crippen molar-refractivity contribution in [2.75, 3.05) is 12.4 Å². The summed E-state index contributed by atoms with van der Waals surface area (Å²) in [6.07, 6.45) is -10.2. The maximum absolute atomic E-state index is 12.9. The first kappa shape index (κ1) is 21.7. The van der Waals surface area contributed by atoms with Crippen LogP contribution in [0.1, 0.15) is 21.5 Å². The predicted octanol–water partition coefficient (Wildman–Crippen LogP) is 3.88. The van der Waals surface area contributed by atoms with Gasteiger partial charge in [-0.2, -0.15) is 26.3 Å². The molecule has 2 aromatic carbocycles. The normalized spacial score (nSPS) is 12.7. The minimum absolute atomic E-state index is 0.0222. The molecule has 0 saturated heterocycles. The van der Waals surface area contributed by atoms with Crippen LogP contribution in [0.15, 0.2) is 47.4 Å². The first-order valence-electron chi connectivity index (χ1n) is 7.38. The van der Waals surface area contributed by atoms with Gasteiger partial charge in [-0.05, 0) is 49.5 Å². The molecule has 0 aromatic heterocycles. The number of alkyl halides is 6. The lowest BCUT2D eigenvalue weighted by atomic mass is 10.0. The number of benzene rings is 2. The zero-order chi connectivity index (χ0) is 21.3. The lowest BCUT2D eigenvalue weighted by molar-refractivity contribution is -0.143. The molecule has 12 heteroatoms. The van der Waals surface area contributed by atoms with Crippen molar-refractivity contribution in [3.8, 4) is 0 Å². The summed E-state index contributed by atoms with van der Waals surface area (Å²) in [5, 5.41) is 2.12. The number of hydrogen-bond donors (Lipinski definition) is 2. The fourth-order valence-corrected chi connectivity index (χ4v) is 2.85. The van der Waals surface area contributed by atoms with E-state index in [4.69, 9.17) is 0 Å². The Bertz CT molecular complexity index is 951. The second-order valence-electron chi connectivity index (χ2n) is 5.48. The minimum Gasteiger partial charge on any atom is -0.322 e. The maximum atomic E-state index is 12.9. The second-order valence-corrected chi connectivity index (χ2v) is 7.37. The van der Waals surface area contributed by atoms with Crippen LogP contribution in [0.5, 0.6) is 0 Å². The molecule has 5 nitrogen and oxygen atoms in total. The third kappa shape index (κ3) is 5.01. The summed E-state index contributed by atoms with van der Waals surface area (Å²) in [5.74, 6) is -1.22. The van der Waals surface area contributed by atoms with Crippen LogP contribution in [0.3, 0.4) is 0 Å². The van der Waals surface area contributed by atoms with E-state index in [9.17, 15) is 39.6 Å². The monoisotopic (exact) mass is 426 g/mol. The van der Waals surface area contributed by atoms with Crippen LogP contribution in [0.2, 0.25) is 0 Å². The highest BCUT2D eigenvalue weighted by molar-refractivity contribution is 7.89. The quantitative estimate of drug-likeness (QED) is 0.729. The summed E-state index contributed by atoms with van der Waals surface area (Å²) in [6, 6.07) is 4.99. The van der Waals surface area contributed by atoms with Gasteiger partial charge in [-0.3, -0.25) is 4.79 Å². The maximum Gasteiger partial charge on any atom is 0.416 e. The zero-order valence-electron chi connectivity index (χ0n) is 13.9. The van der Waals surface area contributed by atoms with Crippen LogP contribution in [-0.2, 0) is 22.4 Å². The summed E-state index contributed by atoms with van der Waals surface area (Å²) in [5.41, 5.74) is -4.12. The molecule has 2 aromatic rings. The Labute approximate surface area is 155 Å². The number of anilines is 1. The highest BCUT2D eigenvalue weighted by atomic mass is 32.2. The molecule has 0 aliphatic rings. The second kappa shape index (κ2) is 7.43. The van der Waals surface area contributed by atoms with Crippen molar-refractivity contribution in [1.82, 2.24) is 4.72 Å². The topological polar surface area (TPSA) is 75.3 Å². The number of nitrogens with one attached hydrogen (secondary N) is 2. The fourth-order valence-electron chi connectivity index (χ4n) is 2.12. The molecule has 0 unspecified atom stereocenters. The third-order valence-electron chi connectivity index (χ3n) is 3.54. The van der Waals surface area contributed by atoms with Crippen molar-refractivity contribution in [1.29, 1.82) is 0 Å². The van der Waals surface area contributed by atoms with Crippen molar-refractivity contribution < 1.29 is 39.6 Å². The lowest BCUT2D eigenvalue weighted by Gasteiger charge is -2.14. The molecule has 28 heavy (non-hydrogen) atoms. The van der Waals surface area contributed by atoms with Gasteiger partial charge in [0, 0.05) is 11.3 Å². The van der Waals surface area contributed by atoms with E-state index in [0.717, 1.165) is 24.3 Å². The largest absolute Gasteiger partial charge is 0.416 e. The highest BCUT2D eigenvalue weighted by Crippen LogP contribution is 2.36. The van der Waals surface area contributed by atoms with Gasteiger partial charge in [-0.25, -0.2) is 13.1 Å². The summed E-state index contributed by atoms with van der Waals surface area (Å²) < 4.78 is 102. The van der Waals surface area contributed by atoms with E-state index in [0.29, 0.717) is 12.1 Å². The molecule has 0 fully saturated rings. The van der Waals surface area contributed by atoms with Crippen molar-refractivity contribution in [2.45, 2.75) is 17.2 Å². The number of carbonyl (C=O) groups excluding carboxylic acids is 1. The van der Waals surface area contributed by atoms with E-state index in [-0.39, 0.29) is 16.6 Å². The average molecular weight is 426 g/mol. The Morgan fingerprint density at radius 2 is 1.32 bits per heavy atom. The number of amides is 1. The molecule has 0 aliphatic carbocycles. The molecular weight excluding hydrogens is 414 g/mol. The Morgan fingerprint density at radius 3 is 1.71 bits per heavy atom. The molecule has 152 valence electrons. The van der Waals surface area contributed by atoms with Crippen LogP contribution >= 0.6 is 0 Å². The van der Waals surface area contributed by atoms with E-state index in [1.54, 1.807) is 0 Å². The van der Waals surface area contributed by atoms with E-state index < -0.39 is 45.0 Å². The van der Waals surface area contributed by atoms with Crippen LogP contribution in [-0.4, -0.2) is 21.4 Å². The molecule has 2 N–H and O–H groups in total. The van der Waals surface area contributed by atoms with Gasteiger partial charge >= 0.3 is 12.4 Å². The number of hydrogen-bond acceptors (Lipinski definition) is 3. The van der Waals surface area contributed by atoms with E-state index in [1.165, 1.54) is 7.05 Å². The van der Waals surface area contributed by atoms with Crippen LogP contribution < -0.4 is 10.0 Å². The average Bonchev–Trinajstić information content (AvgIpc) is 2.60. The third-order valence-corrected chi connectivity index (χ3v) is 4.97. The summed E-state index contributed by atoms with van der Waals surface area (Å²) in [7, 11) is -2.57. The smallest absolute Gasteiger partial charge is 0.322 e. The minimum atomic E-state index is -5.08. The van der Waals surface area contributed by atoms with E-state index in [2.05, 4.69) is 10.0 Å². The summed E-state index contributed by atoms with van der Waals surface area (Å²) in [4.78, 5) is 12.0. The van der Waals surface area contributed by atoms with Gasteiger partial charge in [-0.1, -0.05) is 0 Å². The molecule has 1 amide bonds. The van der Waals surface area contributed by atoms with Crippen LogP contribution in [0.25, 0.3) is 0 Å². The molecule has 0 atom stereocenters. The molecule has 0 heterocycles. The first-order chi connectivity index (χ1) is 12.7. The first-order valence-corrected chi connectivity index (χ1v) is 8.87. The molecule has 0 bridgehead atoms. The Kier molecular flexibility index (Phi) is 5.76. The number of carbonyl (C=O) groups is 1. The van der Waals surface area contributed by atoms with Gasteiger partial charge in [0.2, 0.25) is 10.0 Å². The van der Waals surface area contributed by atoms with Gasteiger partial charge < -0.3 is 5.32 Å². The van der Waals surface area contributed by atoms with Gasteiger partial charge in [0.1, 0.15) is 0 Å². The molecule has 0 radical (unpaired) electrons. The Balaban J connectivity index is 2.36. The van der Waals surface area contributed by atoms with Crippen molar-refractivity contribution >= 4 is 21.6 Å². The van der Waals surface area contributed by atoms with Gasteiger partial charge in [0.15, 0.2) is 0 Å². The van der Waals surface area contributed by atoms with Gasteiger partial charge in [-0.15, -0.1) is 0 Å². The molecule has 2 rings (SSSR count). The van der Waals surface area contributed by atoms with Crippen LogP contribution in [0.4, 0.5) is 32.0 Å². The van der Waals surface area contributed by atoms with Crippen LogP contribution in [0, 0.1) is 0 Å². The zero-order valence-corrected chi connectivity index (χ0v) is 14.8. The lowest BCUT2D eigenvalue weighted by Crippen LogP contribution is -2.19. The SMILES string of the molecule is CNS(=O)(=O)c1ccc(NC(=O)c2cc(C(F)(F)F)cc(C(F)(F)F)c2)cc1. The Morgan fingerprint density at radius 1 is 0.857 bits per heavy atom. The fraction of sp³-hybridized carbons (Fsp3) is 0.188. The van der Waals surface area contributed by atoms with Crippen molar-refractivity contribution in [2.24, 2.45) is 0 Å². The van der Waals surface area contributed by atoms with Crippen molar-refractivity contribution in [3.63, 3.8) is 0 Å². The standard InChI is InChI=1S/C16H12F6N2O3S/c1-23-28(26,27)13-4-2-12(3-5-13)24-14(25)9-6-10(15(17,18)19)8-11(7-9)16(20,21)22/h2-8,23H,1H3,(H,24,25). The molecule has 0 saturated carbocycles. The van der Waals surface area contributed by atoms with E-state index >= 15 is 0 Å². The number of halogens is 6. The molecule has 0 aliphatic heterocycles. The van der Waals surface area contributed by atoms with E-state index in [1.807, 2.05) is 0 Å². The highest BCUT2D eigenvalue weighted by Gasteiger charge is 2.37. The molecular formula is C16H12F6N2O3S. The van der Waals surface area contributed by atoms with Gasteiger partial charge in [0.25, 0.3) is 5.91 Å². The van der Waals surface area contributed by atoms with Crippen molar-refractivity contribution in [3.05, 3.63) is 59.2 Å². The number of sulfonamides is 1. The summed E-state index contributed by atoms with van der Waals surface area (Å²) >= 11 is 0. The predicted molar refractivity (Wildman–Crippen MR) is 87.1 cm³/mol. The van der Waals surface area contributed by atoms with Gasteiger partial charge in [0.05, 0.1) is 16.0 Å². The number of rotatable bonds is 4. The summed E-state index contributed by atoms with van der Waals surface area (Å²) in [6.45, 7) is 0. The molecule has 0 spiro atoms. The Hall–Kier alpha value is -2.60.